The van der Waals surface area contributed by atoms with E-state index in [0.717, 1.165) is 12.1 Å². The molecule has 2 aromatic rings. The van der Waals surface area contributed by atoms with Gasteiger partial charge in [-0.2, -0.15) is 0 Å². The first-order chi connectivity index (χ1) is 14.5. The van der Waals surface area contributed by atoms with Gasteiger partial charge in [0.25, 0.3) is 5.91 Å². The minimum atomic E-state index is -4.81. The second-order valence-corrected chi connectivity index (χ2v) is 6.70. The van der Waals surface area contributed by atoms with Crippen molar-refractivity contribution in [3.05, 3.63) is 53.6 Å². The van der Waals surface area contributed by atoms with Gasteiger partial charge in [-0.15, -0.1) is 18.3 Å². The standard InChI is InChI=1S/C18H23F4N7O2/c1-12(23)9-28(24)6-5-14(19)10-29-11-16(26-27-29)17(30)25-8-13-3-2-4-15(7-13)31-18(20,21)22/h2-4,7,9,11,14H,5-6,8,10,23-24H2,1H3,(H,25,30)/b12-9-. The molecule has 9 nitrogen and oxygen atoms in total. The molecule has 0 radical (unpaired) electrons. The summed E-state index contributed by atoms with van der Waals surface area (Å²) in [6.07, 6.45) is -3.23. The number of nitrogens with zero attached hydrogens (tertiary/aromatic N) is 4. The zero-order valence-corrected chi connectivity index (χ0v) is 16.6. The van der Waals surface area contributed by atoms with Gasteiger partial charge in [0.05, 0.1) is 12.7 Å². The Balaban J connectivity index is 1.84. The molecule has 1 amide bonds. The van der Waals surface area contributed by atoms with Crippen molar-refractivity contribution in [1.82, 2.24) is 25.3 Å². The van der Waals surface area contributed by atoms with Crippen molar-refractivity contribution in [3.8, 4) is 5.75 Å². The molecule has 5 N–H and O–H groups in total. The average Bonchev–Trinajstić information content (AvgIpc) is 3.11. The predicted octanol–water partition coefficient (Wildman–Crippen LogP) is 1.83. The van der Waals surface area contributed by atoms with Crippen LogP contribution in [0.15, 0.2) is 42.4 Å². The number of carbonyl (C=O) groups is 1. The third kappa shape index (κ3) is 8.90. The molecule has 0 bridgehead atoms. The number of nitrogens with one attached hydrogen (secondary N) is 1. The number of ether oxygens (including phenoxy) is 1. The molecule has 1 heterocycles. The number of hydrogen-bond donors (Lipinski definition) is 3. The summed E-state index contributed by atoms with van der Waals surface area (Å²) in [6.45, 7) is 1.69. The molecule has 0 fully saturated rings. The van der Waals surface area contributed by atoms with Crippen LogP contribution in [0.3, 0.4) is 0 Å². The Morgan fingerprint density at radius 1 is 1.42 bits per heavy atom. The Morgan fingerprint density at radius 3 is 2.84 bits per heavy atom. The molecule has 0 saturated heterocycles. The van der Waals surface area contributed by atoms with Crippen LogP contribution < -0.4 is 21.6 Å². The lowest BCUT2D eigenvalue weighted by molar-refractivity contribution is -0.274. The summed E-state index contributed by atoms with van der Waals surface area (Å²) < 4.78 is 56.0. The fourth-order valence-electron chi connectivity index (χ4n) is 2.53. The highest BCUT2D eigenvalue weighted by molar-refractivity contribution is 5.91. The van der Waals surface area contributed by atoms with Crippen molar-refractivity contribution < 1.29 is 27.1 Å². The van der Waals surface area contributed by atoms with Gasteiger partial charge in [-0.3, -0.25) is 4.79 Å². The number of halogens is 4. The van der Waals surface area contributed by atoms with Crippen molar-refractivity contribution in [2.75, 3.05) is 6.54 Å². The molecule has 170 valence electrons. The molecule has 1 atom stereocenters. The van der Waals surface area contributed by atoms with Gasteiger partial charge < -0.3 is 20.8 Å². The van der Waals surface area contributed by atoms with Crippen molar-refractivity contribution in [3.63, 3.8) is 0 Å². The van der Waals surface area contributed by atoms with Gasteiger partial charge in [-0.25, -0.2) is 14.9 Å². The molecule has 0 saturated carbocycles. The number of alkyl halides is 4. The number of allylic oxidation sites excluding steroid dienone is 1. The van der Waals surface area contributed by atoms with Crippen LogP contribution >= 0.6 is 0 Å². The van der Waals surface area contributed by atoms with Crippen LogP contribution in [0.25, 0.3) is 0 Å². The summed E-state index contributed by atoms with van der Waals surface area (Å²) in [4.78, 5) is 12.2. The number of aromatic nitrogens is 3. The maximum absolute atomic E-state index is 14.1. The van der Waals surface area contributed by atoms with E-state index in [1.165, 1.54) is 34.2 Å². The molecule has 0 aliphatic carbocycles. The second-order valence-electron chi connectivity index (χ2n) is 6.70. The Morgan fingerprint density at radius 2 is 2.16 bits per heavy atom. The van der Waals surface area contributed by atoms with Crippen LogP contribution in [0, 0.1) is 0 Å². The zero-order valence-electron chi connectivity index (χ0n) is 16.6. The van der Waals surface area contributed by atoms with Crippen LogP contribution in [0.2, 0.25) is 0 Å². The van der Waals surface area contributed by atoms with E-state index in [-0.39, 0.29) is 31.7 Å². The molecule has 1 aromatic carbocycles. The maximum Gasteiger partial charge on any atom is 0.573 e. The number of amides is 1. The maximum atomic E-state index is 14.1. The third-order valence-electron chi connectivity index (χ3n) is 3.81. The lowest BCUT2D eigenvalue weighted by Crippen LogP contribution is -2.29. The van der Waals surface area contributed by atoms with Gasteiger partial charge in [0.15, 0.2) is 5.69 Å². The number of hydrazine groups is 1. The SMILES string of the molecule is C/C(N)=C/N(N)CCC(F)Cn1cc(C(=O)NCc2cccc(OC(F)(F)F)c2)nn1. The van der Waals surface area contributed by atoms with Crippen LogP contribution in [-0.4, -0.2) is 45.0 Å². The molecular formula is C18H23F4N7O2. The van der Waals surface area contributed by atoms with E-state index in [1.807, 2.05) is 0 Å². The largest absolute Gasteiger partial charge is 0.573 e. The number of carbonyl (C=O) groups excluding carboxylic acids is 1. The van der Waals surface area contributed by atoms with E-state index < -0.39 is 24.2 Å². The highest BCUT2D eigenvalue weighted by atomic mass is 19.4. The average molecular weight is 445 g/mol. The number of rotatable bonds is 10. The number of nitrogens with two attached hydrogens (primary N) is 2. The minimum absolute atomic E-state index is 0.0583. The zero-order chi connectivity index (χ0) is 23.0. The Hall–Kier alpha value is -3.35. The summed E-state index contributed by atoms with van der Waals surface area (Å²) in [6, 6.07) is 5.19. The lowest BCUT2D eigenvalue weighted by Gasteiger charge is -2.15. The summed E-state index contributed by atoms with van der Waals surface area (Å²) in [5.41, 5.74) is 6.30. The Labute approximate surface area is 175 Å². The molecular weight excluding hydrogens is 422 g/mol. The van der Waals surface area contributed by atoms with Crippen molar-refractivity contribution in [2.24, 2.45) is 11.6 Å². The fraction of sp³-hybridized carbons (Fsp3) is 0.389. The summed E-state index contributed by atoms with van der Waals surface area (Å²) in [5, 5.41) is 11.2. The van der Waals surface area contributed by atoms with Crippen molar-refractivity contribution >= 4 is 5.91 Å². The monoisotopic (exact) mass is 445 g/mol. The molecule has 1 unspecified atom stereocenters. The van der Waals surface area contributed by atoms with Gasteiger partial charge in [0.2, 0.25) is 0 Å². The van der Waals surface area contributed by atoms with E-state index in [2.05, 4.69) is 20.4 Å². The Bertz CT molecular complexity index is 897. The minimum Gasteiger partial charge on any atom is -0.406 e. The Kier molecular flexibility index (Phi) is 8.19. The molecule has 0 aliphatic heterocycles. The first-order valence-electron chi connectivity index (χ1n) is 9.14. The normalized spacial score (nSPS) is 13.0. The molecule has 0 spiro atoms. The number of hydrogen-bond acceptors (Lipinski definition) is 7. The summed E-state index contributed by atoms with van der Waals surface area (Å²) >= 11 is 0. The van der Waals surface area contributed by atoms with Crippen molar-refractivity contribution in [1.29, 1.82) is 0 Å². The molecule has 31 heavy (non-hydrogen) atoms. The second kappa shape index (κ2) is 10.6. The summed E-state index contributed by atoms with van der Waals surface area (Å²) in [7, 11) is 0. The molecule has 2 rings (SSSR count). The lowest BCUT2D eigenvalue weighted by atomic mass is 10.2. The third-order valence-corrected chi connectivity index (χ3v) is 3.81. The number of benzene rings is 1. The van der Waals surface area contributed by atoms with Crippen LogP contribution in [-0.2, 0) is 13.1 Å². The van der Waals surface area contributed by atoms with Gasteiger partial charge in [0.1, 0.15) is 11.9 Å². The van der Waals surface area contributed by atoms with E-state index in [0.29, 0.717) is 11.3 Å². The molecule has 0 aliphatic rings. The fourth-order valence-corrected chi connectivity index (χ4v) is 2.53. The smallest absolute Gasteiger partial charge is 0.406 e. The van der Waals surface area contributed by atoms with E-state index in [4.69, 9.17) is 11.6 Å². The van der Waals surface area contributed by atoms with Crippen LogP contribution in [0.4, 0.5) is 17.6 Å². The van der Waals surface area contributed by atoms with Gasteiger partial charge in [0, 0.05) is 25.0 Å². The van der Waals surface area contributed by atoms with Gasteiger partial charge >= 0.3 is 6.36 Å². The first kappa shape index (κ1) is 23.9. The topological polar surface area (TPSA) is 124 Å². The van der Waals surface area contributed by atoms with E-state index in [9.17, 15) is 22.4 Å². The first-order valence-corrected chi connectivity index (χ1v) is 9.14. The predicted molar refractivity (Wildman–Crippen MR) is 103 cm³/mol. The molecule has 13 heteroatoms. The van der Waals surface area contributed by atoms with Crippen molar-refractivity contribution in [2.45, 2.75) is 39.0 Å². The highest BCUT2D eigenvalue weighted by Gasteiger charge is 2.31. The highest BCUT2D eigenvalue weighted by Crippen LogP contribution is 2.23. The quantitative estimate of drug-likeness (QED) is 0.290. The van der Waals surface area contributed by atoms with E-state index >= 15 is 0 Å². The molecule has 1 aromatic heterocycles. The summed E-state index contributed by atoms with van der Waals surface area (Å²) in [5.74, 6) is 4.63. The van der Waals surface area contributed by atoms with Crippen LogP contribution in [0.1, 0.15) is 29.4 Å². The van der Waals surface area contributed by atoms with Gasteiger partial charge in [-0.05, 0) is 31.0 Å². The van der Waals surface area contributed by atoms with Crippen LogP contribution in [0.5, 0.6) is 5.75 Å². The van der Waals surface area contributed by atoms with E-state index in [1.54, 1.807) is 6.92 Å². The van der Waals surface area contributed by atoms with Gasteiger partial charge in [-0.1, -0.05) is 17.3 Å².